The number of anilines is 1. The number of halogens is 1. The molecule has 0 bridgehead atoms. The predicted molar refractivity (Wildman–Crippen MR) is 120 cm³/mol. The molecule has 5 aromatic heterocycles. The zero-order chi connectivity index (χ0) is 21.7. The molecule has 0 saturated carbocycles. The van der Waals surface area contributed by atoms with Gasteiger partial charge in [-0.2, -0.15) is 5.10 Å². The van der Waals surface area contributed by atoms with Gasteiger partial charge in [-0.05, 0) is 42.0 Å². The molecule has 0 unspecified atom stereocenters. The van der Waals surface area contributed by atoms with E-state index < -0.39 is 5.82 Å². The summed E-state index contributed by atoms with van der Waals surface area (Å²) in [5.41, 5.74) is 11.4. The summed E-state index contributed by atoms with van der Waals surface area (Å²) in [5, 5.41) is 7.70. The Bertz CT molecular complexity index is 1600. The van der Waals surface area contributed by atoms with Gasteiger partial charge in [0.25, 0.3) is 0 Å². The van der Waals surface area contributed by atoms with Crippen LogP contribution in [0.25, 0.3) is 56.0 Å². The maximum Gasteiger partial charge on any atom is 0.160 e. The third-order valence-corrected chi connectivity index (χ3v) is 5.27. The second-order valence-electron chi connectivity index (χ2n) is 7.32. The van der Waals surface area contributed by atoms with Crippen LogP contribution in [0.4, 0.5) is 10.1 Å². The Morgan fingerprint density at radius 3 is 2.72 bits per heavy atom. The van der Waals surface area contributed by atoms with E-state index in [0.717, 1.165) is 11.3 Å². The van der Waals surface area contributed by atoms with E-state index in [1.54, 1.807) is 30.9 Å². The molecule has 0 aliphatic rings. The lowest BCUT2D eigenvalue weighted by atomic mass is 10.0. The standard InChI is InChI=1S/C23H15FN8/c24-17-9-12(13-7-14(25)11-26-10-13)8-16-19(17)31-32-21(16)23-29-20-15(4-6-28-22(20)30-23)18-3-1-2-5-27-18/h1-11H,25H2,(H,31,32)(H,28,29,30). The Kier molecular flexibility index (Phi) is 3.94. The van der Waals surface area contributed by atoms with Crippen LogP contribution in [0.3, 0.4) is 0 Å². The van der Waals surface area contributed by atoms with Crippen LogP contribution in [-0.4, -0.2) is 35.1 Å². The Balaban J connectivity index is 1.54. The maximum absolute atomic E-state index is 14.9. The molecule has 0 saturated heterocycles. The smallest absolute Gasteiger partial charge is 0.160 e. The van der Waals surface area contributed by atoms with Crippen molar-refractivity contribution < 1.29 is 4.39 Å². The van der Waals surface area contributed by atoms with E-state index in [-0.39, 0.29) is 0 Å². The van der Waals surface area contributed by atoms with Crippen molar-refractivity contribution in [2.75, 3.05) is 5.73 Å². The van der Waals surface area contributed by atoms with Crippen molar-refractivity contribution in [3.63, 3.8) is 0 Å². The molecule has 0 amide bonds. The first-order chi connectivity index (χ1) is 15.7. The first kappa shape index (κ1) is 18.1. The van der Waals surface area contributed by atoms with E-state index in [0.29, 0.717) is 50.4 Å². The van der Waals surface area contributed by atoms with Crippen LogP contribution in [0.1, 0.15) is 0 Å². The fraction of sp³-hybridized carbons (Fsp3) is 0. The number of rotatable bonds is 3. The molecule has 5 heterocycles. The average Bonchev–Trinajstić information content (AvgIpc) is 3.44. The first-order valence-electron chi connectivity index (χ1n) is 9.82. The lowest BCUT2D eigenvalue weighted by Gasteiger charge is -2.04. The molecule has 8 nitrogen and oxygen atoms in total. The summed E-state index contributed by atoms with van der Waals surface area (Å²) in [7, 11) is 0. The second-order valence-corrected chi connectivity index (χ2v) is 7.32. The lowest BCUT2D eigenvalue weighted by molar-refractivity contribution is 0.636. The molecule has 0 fully saturated rings. The van der Waals surface area contributed by atoms with Crippen LogP contribution in [0.2, 0.25) is 0 Å². The van der Waals surface area contributed by atoms with Crippen LogP contribution >= 0.6 is 0 Å². The minimum atomic E-state index is -0.429. The van der Waals surface area contributed by atoms with Crippen molar-refractivity contribution in [3.8, 4) is 33.9 Å². The number of benzene rings is 1. The van der Waals surface area contributed by atoms with Crippen molar-refractivity contribution in [1.82, 2.24) is 35.1 Å². The van der Waals surface area contributed by atoms with Gasteiger partial charge in [0.2, 0.25) is 0 Å². The molecule has 0 aliphatic heterocycles. The third-order valence-electron chi connectivity index (χ3n) is 5.27. The third kappa shape index (κ3) is 2.87. The van der Waals surface area contributed by atoms with Crippen LogP contribution in [0.15, 0.2) is 67.3 Å². The molecule has 4 N–H and O–H groups in total. The van der Waals surface area contributed by atoms with Gasteiger partial charge in [-0.15, -0.1) is 0 Å². The molecule has 0 aliphatic carbocycles. The molecule has 0 atom stereocenters. The molecule has 154 valence electrons. The zero-order valence-electron chi connectivity index (χ0n) is 16.5. The summed E-state index contributed by atoms with van der Waals surface area (Å²) in [6, 6.07) is 12.6. The molecule has 6 rings (SSSR count). The van der Waals surface area contributed by atoms with Gasteiger partial charge in [0, 0.05) is 41.3 Å². The van der Waals surface area contributed by atoms with Gasteiger partial charge in [-0.3, -0.25) is 15.1 Å². The number of hydrogen-bond donors (Lipinski definition) is 3. The number of aromatic amines is 2. The molecule has 9 heteroatoms. The van der Waals surface area contributed by atoms with Gasteiger partial charge in [-0.1, -0.05) is 6.07 Å². The summed E-state index contributed by atoms with van der Waals surface area (Å²) in [6.45, 7) is 0. The van der Waals surface area contributed by atoms with Crippen molar-refractivity contribution in [1.29, 1.82) is 0 Å². The lowest BCUT2D eigenvalue weighted by Crippen LogP contribution is -1.89. The van der Waals surface area contributed by atoms with E-state index in [4.69, 9.17) is 10.7 Å². The van der Waals surface area contributed by atoms with Crippen LogP contribution in [0, 0.1) is 5.82 Å². The van der Waals surface area contributed by atoms with Gasteiger partial charge in [0.1, 0.15) is 22.5 Å². The first-order valence-corrected chi connectivity index (χ1v) is 9.82. The summed E-state index contributed by atoms with van der Waals surface area (Å²) in [5.74, 6) is 0.0477. The van der Waals surface area contributed by atoms with Gasteiger partial charge < -0.3 is 10.7 Å². The molecule has 0 radical (unpaired) electrons. The maximum atomic E-state index is 14.9. The molecule has 6 aromatic rings. The number of nitrogens with two attached hydrogens (primary N) is 1. The molecular formula is C23H15FN8. The molecule has 32 heavy (non-hydrogen) atoms. The Morgan fingerprint density at radius 2 is 1.88 bits per heavy atom. The predicted octanol–water partition coefficient (Wildman–Crippen LogP) is 4.35. The molecule has 0 spiro atoms. The van der Waals surface area contributed by atoms with Crippen molar-refractivity contribution >= 4 is 27.8 Å². The van der Waals surface area contributed by atoms with Gasteiger partial charge in [0.15, 0.2) is 11.5 Å². The van der Waals surface area contributed by atoms with Crippen LogP contribution < -0.4 is 5.73 Å². The largest absolute Gasteiger partial charge is 0.397 e. The van der Waals surface area contributed by atoms with E-state index in [1.807, 2.05) is 30.3 Å². The normalized spacial score (nSPS) is 11.4. The summed E-state index contributed by atoms with van der Waals surface area (Å²) >= 11 is 0. The second kappa shape index (κ2) is 6.95. The number of nitrogens with one attached hydrogen (secondary N) is 2. The quantitative estimate of drug-likeness (QED) is 0.390. The number of H-pyrrole nitrogens is 2. The Hall–Kier alpha value is -4.66. The minimum absolute atomic E-state index is 0.291. The fourth-order valence-corrected chi connectivity index (χ4v) is 3.79. The number of fused-ring (bicyclic) bond motifs is 2. The van der Waals surface area contributed by atoms with E-state index in [9.17, 15) is 4.39 Å². The van der Waals surface area contributed by atoms with Gasteiger partial charge in [-0.25, -0.2) is 14.4 Å². The van der Waals surface area contributed by atoms with Crippen LogP contribution in [-0.2, 0) is 0 Å². The van der Waals surface area contributed by atoms with Crippen molar-refractivity contribution in [3.05, 3.63) is 73.1 Å². The number of aromatic nitrogens is 7. The number of pyridine rings is 3. The summed E-state index contributed by atoms with van der Waals surface area (Å²) in [6.07, 6.45) is 6.61. The number of nitrogens with zero attached hydrogens (tertiary/aromatic N) is 5. The molecular weight excluding hydrogens is 407 g/mol. The number of imidazole rings is 1. The fourth-order valence-electron chi connectivity index (χ4n) is 3.79. The minimum Gasteiger partial charge on any atom is -0.397 e. The average molecular weight is 422 g/mol. The number of hydrogen-bond acceptors (Lipinski definition) is 6. The van der Waals surface area contributed by atoms with Crippen LogP contribution in [0.5, 0.6) is 0 Å². The topological polar surface area (TPSA) is 122 Å². The van der Waals surface area contributed by atoms with Crippen molar-refractivity contribution in [2.45, 2.75) is 0 Å². The van der Waals surface area contributed by atoms with Gasteiger partial charge in [0.05, 0.1) is 11.4 Å². The highest BCUT2D eigenvalue weighted by molar-refractivity contribution is 5.97. The summed E-state index contributed by atoms with van der Waals surface area (Å²) in [4.78, 5) is 20.8. The van der Waals surface area contributed by atoms with E-state index >= 15 is 0 Å². The van der Waals surface area contributed by atoms with E-state index in [1.165, 1.54) is 6.07 Å². The Morgan fingerprint density at radius 1 is 0.938 bits per heavy atom. The molecule has 1 aromatic carbocycles. The van der Waals surface area contributed by atoms with E-state index in [2.05, 4.69) is 30.1 Å². The highest BCUT2D eigenvalue weighted by atomic mass is 19.1. The summed E-state index contributed by atoms with van der Waals surface area (Å²) < 4.78 is 14.9. The highest BCUT2D eigenvalue weighted by Crippen LogP contribution is 2.33. The highest BCUT2D eigenvalue weighted by Gasteiger charge is 2.18. The Labute approximate surface area is 180 Å². The zero-order valence-corrected chi connectivity index (χ0v) is 16.5. The monoisotopic (exact) mass is 422 g/mol. The number of nitrogen functional groups attached to an aromatic ring is 1. The van der Waals surface area contributed by atoms with Gasteiger partial charge >= 0.3 is 0 Å². The SMILES string of the molecule is Nc1cncc(-c2cc(F)c3[nH]nc(-c4nc5c(-c6ccccn6)ccnc5[nH]4)c3c2)c1. The van der Waals surface area contributed by atoms with Crippen molar-refractivity contribution in [2.24, 2.45) is 0 Å².